The predicted molar refractivity (Wildman–Crippen MR) is 63.4 cm³/mol. The molecule has 1 aromatic rings. The third-order valence-corrected chi connectivity index (χ3v) is 3.00. The van der Waals surface area contributed by atoms with Gasteiger partial charge in [0, 0.05) is 13.1 Å². The van der Waals surface area contributed by atoms with Crippen LogP contribution >= 0.6 is 12.4 Å². The summed E-state index contributed by atoms with van der Waals surface area (Å²) in [6.07, 6.45) is 0. The minimum absolute atomic E-state index is 0. The van der Waals surface area contributed by atoms with Gasteiger partial charge in [-0.25, -0.2) is 0 Å². The fraction of sp³-hybridized carbons (Fsp3) is 0.455. The summed E-state index contributed by atoms with van der Waals surface area (Å²) in [5.74, 6) is 1.64. The molecule has 0 aromatic heterocycles. The molecular weight excluding hydrogens is 228 g/mol. The Bertz CT molecular complexity index is 394. The van der Waals surface area contributed by atoms with E-state index in [-0.39, 0.29) is 17.9 Å². The van der Waals surface area contributed by atoms with Crippen LogP contribution in [0.3, 0.4) is 0 Å². The Morgan fingerprint density at radius 2 is 1.81 bits per heavy atom. The summed E-state index contributed by atoms with van der Waals surface area (Å²) in [6.45, 7) is 2.90. The molecular formula is C11H15ClN2O2. The van der Waals surface area contributed by atoms with Crippen LogP contribution in [-0.2, 0) is 5.54 Å². The quantitative estimate of drug-likeness (QED) is 0.759. The first-order chi connectivity index (χ1) is 7.28. The number of benzene rings is 1. The number of fused-ring (bicyclic) bond motifs is 1. The van der Waals surface area contributed by atoms with Gasteiger partial charge >= 0.3 is 0 Å². The second-order valence-electron chi connectivity index (χ2n) is 4.12. The second kappa shape index (κ2) is 4.13. The van der Waals surface area contributed by atoms with Crippen LogP contribution in [0.15, 0.2) is 18.2 Å². The van der Waals surface area contributed by atoms with E-state index in [1.54, 1.807) is 0 Å². The van der Waals surface area contributed by atoms with Crippen LogP contribution in [0.25, 0.3) is 0 Å². The van der Waals surface area contributed by atoms with Crippen LogP contribution < -0.4 is 20.5 Å². The zero-order valence-electron chi connectivity index (χ0n) is 8.86. The van der Waals surface area contributed by atoms with E-state index in [9.17, 15) is 0 Å². The van der Waals surface area contributed by atoms with Crippen molar-refractivity contribution in [1.29, 1.82) is 0 Å². The highest BCUT2D eigenvalue weighted by Crippen LogP contribution is 2.34. The van der Waals surface area contributed by atoms with Crippen molar-refractivity contribution in [3.05, 3.63) is 23.8 Å². The zero-order valence-corrected chi connectivity index (χ0v) is 9.68. The molecule has 0 saturated carbocycles. The van der Waals surface area contributed by atoms with E-state index in [1.165, 1.54) is 0 Å². The van der Waals surface area contributed by atoms with E-state index in [2.05, 4.69) is 5.32 Å². The van der Waals surface area contributed by atoms with Crippen molar-refractivity contribution in [1.82, 2.24) is 5.32 Å². The molecule has 0 bridgehead atoms. The minimum atomic E-state index is -0.226. The maximum Gasteiger partial charge on any atom is 0.161 e. The van der Waals surface area contributed by atoms with Gasteiger partial charge in [-0.15, -0.1) is 12.4 Å². The number of ether oxygens (including phenoxy) is 2. The molecule has 3 rings (SSSR count). The second-order valence-corrected chi connectivity index (χ2v) is 4.12. The van der Waals surface area contributed by atoms with Crippen LogP contribution in [0, 0.1) is 0 Å². The van der Waals surface area contributed by atoms with Crippen molar-refractivity contribution in [2.24, 2.45) is 5.73 Å². The molecule has 0 atom stereocenters. The van der Waals surface area contributed by atoms with E-state index in [4.69, 9.17) is 15.2 Å². The van der Waals surface area contributed by atoms with Gasteiger partial charge < -0.3 is 20.5 Å². The van der Waals surface area contributed by atoms with Crippen molar-refractivity contribution in [2.45, 2.75) is 5.54 Å². The molecule has 0 spiro atoms. The van der Waals surface area contributed by atoms with Crippen molar-refractivity contribution >= 4 is 12.4 Å². The third kappa shape index (κ3) is 1.73. The van der Waals surface area contributed by atoms with Gasteiger partial charge in [-0.2, -0.15) is 0 Å². The monoisotopic (exact) mass is 242 g/mol. The Hall–Kier alpha value is -0.970. The Kier molecular flexibility index (Phi) is 2.97. The lowest BCUT2D eigenvalue weighted by Gasteiger charge is -2.39. The van der Waals surface area contributed by atoms with Crippen LogP contribution in [0.4, 0.5) is 0 Å². The van der Waals surface area contributed by atoms with Crippen LogP contribution in [0.2, 0.25) is 0 Å². The summed E-state index contributed by atoms with van der Waals surface area (Å²) >= 11 is 0. The van der Waals surface area contributed by atoms with Crippen molar-refractivity contribution in [2.75, 3.05) is 26.3 Å². The van der Waals surface area contributed by atoms with E-state index in [0.29, 0.717) is 13.2 Å². The summed E-state index contributed by atoms with van der Waals surface area (Å²) in [5.41, 5.74) is 7.09. The average Bonchev–Trinajstić information content (AvgIpc) is 2.25. The first-order valence-electron chi connectivity index (χ1n) is 5.18. The number of nitrogens with one attached hydrogen (secondary N) is 1. The third-order valence-electron chi connectivity index (χ3n) is 3.00. The maximum atomic E-state index is 6.20. The van der Waals surface area contributed by atoms with Gasteiger partial charge in [-0.05, 0) is 17.7 Å². The summed E-state index contributed by atoms with van der Waals surface area (Å²) in [5, 5.41) is 3.18. The van der Waals surface area contributed by atoms with Gasteiger partial charge in [-0.3, -0.25) is 0 Å². The molecule has 0 radical (unpaired) electrons. The molecule has 1 saturated heterocycles. The zero-order chi connectivity index (χ0) is 10.3. The number of hydrogen-bond acceptors (Lipinski definition) is 4. The van der Waals surface area contributed by atoms with Crippen LogP contribution in [-0.4, -0.2) is 26.3 Å². The van der Waals surface area contributed by atoms with Crippen molar-refractivity contribution < 1.29 is 9.47 Å². The predicted octanol–water partition coefficient (Wildman–Crippen LogP) is 0.637. The van der Waals surface area contributed by atoms with Gasteiger partial charge in [0.15, 0.2) is 11.5 Å². The van der Waals surface area contributed by atoms with Gasteiger partial charge in [-0.1, -0.05) is 6.07 Å². The number of nitrogens with two attached hydrogens (primary N) is 1. The van der Waals surface area contributed by atoms with Crippen molar-refractivity contribution in [3.63, 3.8) is 0 Å². The molecule has 1 fully saturated rings. The molecule has 16 heavy (non-hydrogen) atoms. The standard InChI is InChI=1S/C11H14N2O2.ClH/c12-11(6-13-7-11)8-1-2-9-10(5-8)15-4-3-14-9;/h1-2,5,13H,3-4,6-7,12H2;1H. The number of halogens is 1. The van der Waals surface area contributed by atoms with Crippen molar-refractivity contribution in [3.8, 4) is 11.5 Å². The largest absolute Gasteiger partial charge is 0.486 e. The highest BCUT2D eigenvalue weighted by atomic mass is 35.5. The van der Waals surface area contributed by atoms with Gasteiger partial charge in [0.1, 0.15) is 13.2 Å². The summed E-state index contributed by atoms with van der Waals surface area (Å²) in [4.78, 5) is 0. The molecule has 2 aliphatic rings. The first-order valence-corrected chi connectivity index (χ1v) is 5.18. The first kappa shape index (κ1) is 11.5. The Balaban J connectivity index is 0.000000963. The van der Waals surface area contributed by atoms with Crippen LogP contribution in [0.5, 0.6) is 11.5 Å². The topological polar surface area (TPSA) is 56.5 Å². The molecule has 0 unspecified atom stereocenters. The lowest BCUT2D eigenvalue weighted by atomic mass is 9.85. The van der Waals surface area contributed by atoms with E-state index in [0.717, 1.165) is 30.2 Å². The summed E-state index contributed by atoms with van der Waals surface area (Å²) < 4.78 is 11.0. The van der Waals surface area contributed by atoms with E-state index in [1.807, 2.05) is 18.2 Å². The highest BCUT2D eigenvalue weighted by molar-refractivity contribution is 5.85. The Morgan fingerprint density at radius 3 is 2.44 bits per heavy atom. The normalized spacial score (nSPS) is 20.6. The smallest absolute Gasteiger partial charge is 0.161 e. The number of hydrogen-bond donors (Lipinski definition) is 2. The van der Waals surface area contributed by atoms with Crippen LogP contribution in [0.1, 0.15) is 5.56 Å². The Labute approximate surface area is 101 Å². The Morgan fingerprint density at radius 1 is 1.12 bits per heavy atom. The summed E-state index contributed by atoms with van der Waals surface area (Å²) in [6, 6.07) is 5.96. The molecule has 3 N–H and O–H groups in total. The molecule has 1 aromatic carbocycles. The fourth-order valence-electron chi connectivity index (χ4n) is 1.95. The highest BCUT2D eigenvalue weighted by Gasteiger charge is 2.35. The van der Waals surface area contributed by atoms with Gasteiger partial charge in [0.25, 0.3) is 0 Å². The van der Waals surface area contributed by atoms with Gasteiger partial charge in [0.05, 0.1) is 5.54 Å². The number of rotatable bonds is 1. The lowest BCUT2D eigenvalue weighted by Crippen LogP contribution is -2.62. The van der Waals surface area contributed by atoms with E-state index >= 15 is 0 Å². The van der Waals surface area contributed by atoms with E-state index < -0.39 is 0 Å². The molecule has 5 heteroatoms. The molecule has 0 aliphatic carbocycles. The molecule has 0 amide bonds. The maximum absolute atomic E-state index is 6.20. The summed E-state index contributed by atoms with van der Waals surface area (Å²) in [7, 11) is 0. The molecule has 2 heterocycles. The minimum Gasteiger partial charge on any atom is -0.486 e. The SMILES string of the molecule is Cl.NC1(c2ccc3c(c2)OCCO3)CNC1. The molecule has 4 nitrogen and oxygen atoms in total. The van der Waals surface area contributed by atoms with Gasteiger partial charge in [0.2, 0.25) is 0 Å². The molecule has 2 aliphatic heterocycles. The fourth-order valence-corrected chi connectivity index (χ4v) is 1.95. The average molecular weight is 243 g/mol. The lowest BCUT2D eigenvalue weighted by molar-refractivity contribution is 0.170. The molecule has 88 valence electrons.